The van der Waals surface area contributed by atoms with Crippen LogP contribution in [0.3, 0.4) is 0 Å². The van der Waals surface area contributed by atoms with Crippen molar-refractivity contribution in [3.63, 3.8) is 0 Å². The molecular weight excluding hydrogens is 275 g/mol. The molecule has 1 aromatic carbocycles. The zero-order valence-corrected chi connectivity index (χ0v) is 13.0. The summed E-state index contributed by atoms with van der Waals surface area (Å²) in [6.07, 6.45) is 1.17. The molecule has 0 heterocycles. The van der Waals surface area contributed by atoms with Gasteiger partial charge < -0.3 is 20.5 Å². The van der Waals surface area contributed by atoms with Gasteiger partial charge in [-0.15, -0.1) is 0 Å². The van der Waals surface area contributed by atoms with E-state index in [0.29, 0.717) is 18.6 Å². The first-order chi connectivity index (χ1) is 9.97. The average molecular weight is 298 g/mol. The number of rotatable bonds is 7. The quantitative estimate of drug-likeness (QED) is 0.811. The Bertz CT molecular complexity index is 494. The van der Waals surface area contributed by atoms with Crippen molar-refractivity contribution < 1.29 is 18.7 Å². The van der Waals surface area contributed by atoms with Crippen molar-refractivity contribution >= 4 is 11.6 Å². The van der Waals surface area contributed by atoms with Gasteiger partial charge in [0, 0.05) is 18.7 Å². The number of anilines is 1. The SMILES string of the molecule is CCC(CC)(CN)C(=O)Nc1cc(OC)c(OC)cc1F. The van der Waals surface area contributed by atoms with Crippen LogP contribution in [0.4, 0.5) is 10.1 Å². The molecule has 0 aliphatic carbocycles. The molecule has 0 bridgehead atoms. The van der Waals surface area contributed by atoms with Crippen molar-refractivity contribution in [3.8, 4) is 11.5 Å². The molecule has 6 heteroatoms. The van der Waals surface area contributed by atoms with Crippen molar-refractivity contribution in [3.05, 3.63) is 17.9 Å². The molecule has 0 spiro atoms. The lowest BCUT2D eigenvalue weighted by atomic mass is 9.81. The number of carbonyl (C=O) groups excluding carboxylic acids is 1. The summed E-state index contributed by atoms with van der Waals surface area (Å²) in [5.74, 6) is -0.259. The third-order valence-electron chi connectivity index (χ3n) is 3.95. The Morgan fingerprint density at radius 2 is 1.76 bits per heavy atom. The van der Waals surface area contributed by atoms with Gasteiger partial charge in [0.1, 0.15) is 0 Å². The topological polar surface area (TPSA) is 73.6 Å². The summed E-state index contributed by atoms with van der Waals surface area (Å²) in [6.45, 7) is 3.99. The Balaban J connectivity index is 3.10. The summed E-state index contributed by atoms with van der Waals surface area (Å²) in [6, 6.07) is 2.58. The largest absolute Gasteiger partial charge is 0.493 e. The Kier molecular flexibility index (Phi) is 5.96. The first-order valence-corrected chi connectivity index (χ1v) is 6.91. The molecule has 1 amide bonds. The van der Waals surface area contributed by atoms with Gasteiger partial charge in [-0.3, -0.25) is 4.79 Å². The summed E-state index contributed by atoms with van der Waals surface area (Å²) < 4.78 is 24.2. The van der Waals surface area contributed by atoms with Gasteiger partial charge >= 0.3 is 0 Å². The van der Waals surface area contributed by atoms with Crippen LogP contribution in [0, 0.1) is 11.2 Å². The van der Waals surface area contributed by atoms with Gasteiger partial charge in [-0.1, -0.05) is 13.8 Å². The molecule has 118 valence electrons. The molecule has 1 rings (SSSR count). The van der Waals surface area contributed by atoms with E-state index in [1.54, 1.807) is 0 Å². The van der Waals surface area contributed by atoms with Crippen molar-refractivity contribution in [2.75, 3.05) is 26.1 Å². The Hall–Kier alpha value is -1.82. The van der Waals surface area contributed by atoms with Gasteiger partial charge in [-0.25, -0.2) is 4.39 Å². The second-order valence-corrected chi connectivity index (χ2v) is 4.83. The fourth-order valence-electron chi connectivity index (χ4n) is 2.16. The normalized spacial score (nSPS) is 11.1. The van der Waals surface area contributed by atoms with Gasteiger partial charge in [0.25, 0.3) is 0 Å². The van der Waals surface area contributed by atoms with Crippen LogP contribution >= 0.6 is 0 Å². The van der Waals surface area contributed by atoms with E-state index in [9.17, 15) is 9.18 Å². The van der Waals surface area contributed by atoms with Gasteiger partial charge in [0.05, 0.1) is 25.3 Å². The highest BCUT2D eigenvalue weighted by atomic mass is 19.1. The molecule has 0 atom stereocenters. The molecule has 0 fully saturated rings. The Morgan fingerprint density at radius 3 is 2.19 bits per heavy atom. The standard InChI is InChI=1S/C15H23FN2O3/c1-5-15(6-2,9-17)14(19)18-11-8-13(21-4)12(20-3)7-10(11)16/h7-8H,5-6,9,17H2,1-4H3,(H,18,19). The third-order valence-corrected chi connectivity index (χ3v) is 3.95. The lowest BCUT2D eigenvalue weighted by molar-refractivity contribution is -0.125. The second kappa shape index (κ2) is 7.26. The molecule has 5 nitrogen and oxygen atoms in total. The van der Waals surface area contributed by atoms with Crippen LogP contribution < -0.4 is 20.5 Å². The molecule has 0 aliphatic rings. The number of ether oxygens (including phenoxy) is 2. The van der Waals surface area contributed by atoms with E-state index in [1.165, 1.54) is 26.4 Å². The lowest BCUT2D eigenvalue weighted by Gasteiger charge is -2.28. The van der Waals surface area contributed by atoms with Crippen molar-refractivity contribution in [1.82, 2.24) is 0 Å². The number of hydrogen-bond donors (Lipinski definition) is 2. The van der Waals surface area contributed by atoms with Crippen LogP contribution in [0.25, 0.3) is 0 Å². The highest BCUT2D eigenvalue weighted by molar-refractivity contribution is 5.95. The molecule has 21 heavy (non-hydrogen) atoms. The molecule has 0 saturated heterocycles. The van der Waals surface area contributed by atoms with Crippen LogP contribution in [0.15, 0.2) is 12.1 Å². The van der Waals surface area contributed by atoms with E-state index < -0.39 is 11.2 Å². The van der Waals surface area contributed by atoms with E-state index in [2.05, 4.69) is 5.32 Å². The number of nitrogens with one attached hydrogen (secondary N) is 1. The number of nitrogens with two attached hydrogens (primary N) is 1. The maximum absolute atomic E-state index is 14.0. The Morgan fingerprint density at radius 1 is 1.24 bits per heavy atom. The number of amides is 1. The smallest absolute Gasteiger partial charge is 0.231 e. The summed E-state index contributed by atoms with van der Waals surface area (Å²) in [5.41, 5.74) is 5.08. The van der Waals surface area contributed by atoms with Gasteiger partial charge in [0.2, 0.25) is 5.91 Å². The molecule has 0 aromatic heterocycles. The van der Waals surface area contributed by atoms with Gasteiger partial charge in [0.15, 0.2) is 17.3 Å². The predicted octanol–water partition coefficient (Wildman–Crippen LogP) is 2.55. The van der Waals surface area contributed by atoms with Gasteiger partial charge in [-0.2, -0.15) is 0 Å². The monoisotopic (exact) mass is 298 g/mol. The maximum atomic E-state index is 14.0. The van der Waals surface area contributed by atoms with Gasteiger partial charge in [-0.05, 0) is 12.8 Å². The molecule has 3 N–H and O–H groups in total. The second-order valence-electron chi connectivity index (χ2n) is 4.83. The van der Waals surface area contributed by atoms with Crippen LogP contribution in [0.2, 0.25) is 0 Å². The summed E-state index contributed by atoms with van der Waals surface area (Å²) in [5, 5.41) is 2.60. The van der Waals surface area contributed by atoms with Crippen LogP contribution in [-0.4, -0.2) is 26.7 Å². The maximum Gasteiger partial charge on any atom is 0.231 e. The average Bonchev–Trinajstić information content (AvgIpc) is 2.51. The first-order valence-electron chi connectivity index (χ1n) is 6.91. The molecule has 1 aromatic rings. The van der Waals surface area contributed by atoms with Crippen LogP contribution in [0.5, 0.6) is 11.5 Å². The highest BCUT2D eigenvalue weighted by Gasteiger charge is 2.33. The summed E-state index contributed by atoms with van der Waals surface area (Å²) in [4.78, 5) is 12.4. The zero-order valence-electron chi connectivity index (χ0n) is 13.0. The van der Waals surface area contributed by atoms with E-state index in [-0.39, 0.29) is 23.9 Å². The number of hydrogen-bond acceptors (Lipinski definition) is 4. The van der Waals surface area contributed by atoms with Crippen LogP contribution in [-0.2, 0) is 4.79 Å². The minimum atomic E-state index is -0.695. The number of halogens is 1. The van der Waals surface area contributed by atoms with E-state index >= 15 is 0 Å². The van der Waals surface area contributed by atoms with Crippen LogP contribution in [0.1, 0.15) is 26.7 Å². The molecule has 0 saturated carbocycles. The van der Waals surface area contributed by atoms with Crippen molar-refractivity contribution in [2.24, 2.45) is 11.1 Å². The molecular formula is C15H23FN2O3. The van der Waals surface area contributed by atoms with E-state index in [1.807, 2.05) is 13.8 Å². The Labute approximate surface area is 124 Å². The van der Waals surface area contributed by atoms with Crippen molar-refractivity contribution in [2.45, 2.75) is 26.7 Å². The predicted molar refractivity (Wildman–Crippen MR) is 80.2 cm³/mol. The third kappa shape index (κ3) is 3.44. The fraction of sp³-hybridized carbons (Fsp3) is 0.533. The number of carbonyl (C=O) groups is 1. The first kappa shape index (κ1) is 17.2. The van der Waals surface area contributed by atoms with E-state index in [0.717, 1.165) is 0 Å². The minimum absolute atomic E-state index is 0.0531. The summed E-state index contributed by atoms with van der Waals surface area (Å²) in [7, 11) is 2.87. The number of methoxy groups -OCH3 is 2. The van der Waals surface area contributed by atoms with Crippen molar-refractivity contribution in [1.29, 1.82) is 0 Å². The molecule has 0 unspecified atom stereocenters. The van der Waals surface area contributed by atoms with E-state index in [4.69, 9.17) is 15.2 Å². The fourth-order valence-corrected chi connectivity index (χ4v) is 2.16. The zero-order chi connectivity index (χ0) is 16.0. The highest BCUT2D eigenvalue weighted by Crippen LogP contribution is 2.34. The molecule has 0 radical (unpaired) electrons. The molecule has 0 aliphatic heterocycles. The lowest BCUT2D eigenvalue weighted by Crippen LogP contribution is -2.41. The minimum Gasteiger partial charge on any atom is -0.493 e. The summed E-state index contributed by atoms with van der Waals surface area (Å²) >= 11 is 0. The number of benzene rings is 1.